The molecule has 0 aromatic heterocycles. The number of morpholine rings is 1. The molecular weight excluding hydrogens is 285 g/mol. The van der Waals surface area contributed by atoms with Crippen molar-refractivity contribution < 1.29 is 13.9 Å². The number of ether oxygens (including phenoxy) is 2. The Balaban J connectivity index is 1.73. The van der Waals surface area contributed by atoms with Crippen molar-refractivity contribution >= 4 is 5.69 Å². The van der Waals surface area contributed by atoms with Crippen molar-refractivity contribution in [2.45, 2.75) is 6.54 Å². The standard InChI is InChI=1S/C16H24FN3O2/c17-13-22-16-11-15(20-7-9-21-10-8-20)2-1-14(16)12-19-5-3-18-4-6-19/h1-2,11,18H,3-10,12-13H2. The maximum atomic E-state index is 12.7. The maximum absolute atomic E-state index is 12.7. The fourth-order valence-corrected chi connectivity index (χ4v) is 3.00. The molecule has 5 nitrogen and oxygen atoms in total. The van der Waals surface area contributed by atoms with Gasteiger partial charge in [-0.15, -0.1) is 0 Å². The fraction of sp³-hybridized carbons (Fsp3) is 0.625. The Morgan fingerprint density at radius 2 is 1.91 bits per heavy atom. The second-order valence-corrected chi connectivity index (χ2v) is 5.67. The fourth-order valence-electron chi connectivity index (χ4n) is 3.00. The van der Waals surface area contributed by atoms with Crippen molar-refractivity contribution in [1.29, 1.82) is 0 Å². The van der Waals surface area contributed by atoms with E-state index in [9.17, 15) is 4.39 Å². The number of anilines is 1. The predicted octanol–water partition coefficient (Wildman–Crippen LogP) is 1.23. The monoisotopic (exact) mass is 309 g/mol. The summed E-state index contributed by atoms with van der Waals surface area (Å²) < 4.78 is 23.4. The molecule has 22 heavy (non-hydrogen) atoms. The first-order chi connectivity index (χ1) is 10.9. The summed E-state index contributed by atoms with van der Waals surface area (Å²) in [5, 5.41) is 3.34. The molecule has 1 N–H and O–H groups in total. The highest BCUT2D eigenvalue weighted by molar-refractivity contribution is 5.54. The second kappa shape index (κ2) is 7.76. The van der Waals surface area contributed by atoms with Crippen LogP contribution in [0.5, 0.6) is 5.75 Å². The van der Waals surface area contributed by atoms with Gasteiger partial charge >= 0.3 is 0 Å². The van der Waals surface area contributed by atoms with Crippen LogP contribution in [0, 0.1) is 0 Å². The van der Waals surface area contributed by atoms with Crippen molar-refractivity contribution in [3.8, 4) is 5.75 Å². The number of rotatable bonds is 5. The summed E-state index contributed by atoms with van der Waals surface area (Å²) in [5.74, 6) is 0.657. The lowest BCUT2D eigenvalue weighted by molar-refractivity contribution is 0.122. The number of nitrogens with one attached hydrogen (secondary N) is 1. The van der Waals surface area contributed by atoms with Gasteiger partial charge < -0.3 is 19.7 Å². The summed E-state index contributed by atoms with van der Waals surface area (Å²) >= 11 is 0. The highest BCUT2D eigenvalue weighted by Gasteiger charge is 2.16. The lowest BCUT2D eigenvalue weighted by Crippen LogP contribution is -2.42. The van der Waals surface area contributed by atoms with Crippen LogP contribution in [-0.2, 0) is 11.3 Å². The van der Waals surface area contributed by atoms with E-state index in [1.165, 1.54) is 0 Å². The minimum absolute atomic E-state index is 0.657. The summed E-state index contributed by atoms with van der Waals surface area (Å²) in [4.78, 5) is 4.62. The molecule has 6 heteroatoms. The summed E-state index contributed by atoms with van der Waals surface area (Å²) in [6, 6.07) is 6.13. The van der Waals surface area contributed by atoms with Crippen LogP contribution in [0.1, 0.15) is 5.56 Å². The Morgan fingerprint density at radius 1 is 1.14 bits per heavy atom. The van der Waals surface area contributed by atoms with Gasteiger partial charge in [0.1, 0.15) is 5.75 Å². The zero-order valence-corrected chi connectivity index (χ0v) is 12.9. The number of hydrogen-bond donors (Lipinski definition) is 1. The van der Waals surface area contributed by atoms with Gasteiger partial charge in [0.05, 0.1) is 13.2 Å². The first kappa shape index (κ1) is 15.5. The molecule has 1 aromatic rings. The van der Waals surface area contributed by atoms with E-state index in [-0.39, 0.29) is 0 Å². The second-order valence-electron chi connectivity index (χ2n) is 5.67. The molecule has 0 amide bonds. The van der Waals surface area contributed by atoms with Gasteiger partial charge in [-0.1, -0.05) is 6.07 Å². The van der Waals surface area contributed by atoms with Gasteiger partial charge in [0.2, 0.25) is 6.86 Å². The van der Waals surface area contributed by atoms with Gasteiger partial charge in [-0.25, -0.2) is 4.39 Å². The van der Waals surface area contributed by atoms with Crippen LogP contribution >= 0.6 is 0 Å². The number of piperazine rings is 1. The van der Waals surface area contributed by atoms with E-state index in [0.29, 0.717) is 5.75 Å². The van der Waals surface area contributed by atoms with Crippen molar-refractivity contribution in [1.82, 2.24) is 10.2 Å². The van der Waals surface area contributed by atoms with E-state index in [0.717, 1.165) is 70.3 Å². The Bertz CT molecular complexity index is 474. The third-order valence-corrected chi connectivity index (χ3v) is 4.24. The zero-order valence-electron chi connectivity index (χ0n) is 12.9. The van der Waals surface area contributed by atoms with Gasteiger partial charge in [-0.05, 0) is 6.07 Å². The molecule has 2 fully saturated rings. The lowest BCUT2D eigenvalue weighted by atomic mass is 10.1. The minimum atomic E-state index is -0.791. The van der Waals surface area contributed by atoms with Crippen molar-refractivity contribution in [3.63, 3.8) is 0 Å². The van der Waals surface area contributed by atoms with Gasteiger partial charge in [-0.2, -0.15) is 0 Å². The molecule has 2 aliphatic heterocycles. The molecule has 122 valence electrons. The minimum Gasteiger partial charge on any atom is -0.463 e. The molecule has 0 spiro atoms. The van der Waals surface area contributed by atoms with Gasteiger partial charge in [0.15, 0.2) is 0 Å². The molecule has 2 aliphatic rings. The molecular formula is C16H24FN3O2. The molecule has 2 heterocycles. The van der Waals surface area contributed by atoms with E-state index >= 15 is 0 Å². The van der Waals surface area contributed by atoms with E-state index in [2.05, 4.69) is 27.2 Å². The quantitative estimate of drug-likeness (QED) is 0.885. The average molecular weight is 309 g/mol. The van der Waals surface area contributed by atoms with Crippen LogP contribution in [-0.4, -0.2) is 64.2 Å². The van der Waals surface area contributed by atoms with Gasteiger partial charge in [0.25, 0.3) is 0 Å². The van der Waals surface area contributed by atoms with Crippen LogP contribution < -0.4 is 15.0 Å². The normalized spacial score (nSPS) is 20.1. The van der Waals surface area contributed by atoms with Crippen LogP contribution in [0.25, 0.3) is 0 Å². The number of benzene rings is 1. The van der Waals surface area contributed by atoms with Crippen LogP contribution in [0.15, 0.2) is 18.2 Å². The topological polar surface area (TPSA) is 37.0 Å². The Labute approximate surface area is 131 Å². The molecule has 2 saturated heterocycles. The third kappa shape index (κ3) is 3.88. The molecule has 0 saturated carbocycles. The summed E-state index contributed by atoms with van der Waals surface area (Å²) in [7, 11) is 0. The number of alkyl halides is 1. The van der Waals surface area contributed by atoms with Crippen LogP contribution in [0.3, 0.4) is 0 Å². The molecule has 0 atom stereocenters. The highest BCUT2D eigenvalue weighted by Crippen LogP contribution is 2.28. The predicted molar refractivity (Wildman–Crippen MR) is 84.2 cm³/mol. The molecule has 0 aliphatic carbocycles. The number of nitrogens with zero attached hydrogens (tertiary/aromatic N) is 2. The van der Waals surface area contributed by atoms with E-state index < -0.39 is 6.86 Å². The smallest absolute Gasteiger partial charge is 0.228 e. The van der Waals surface area contributed by atoms with Gasteiger partial charge in [-0.3, -0.25) is 4.90 Å². The number of hydrogen-bond acceptors (Lipinski definition) is 5. The first-order valence-electron chi connectivity index (χ1n) is 7.94. The summed E-state index contributed by atoms with van der Waals surface area (Å²) in [6.07, 6.45) is 0. The first-order valence-corrected chi connectivity index (χ1v) is 7.94. The Hall–Kier alpha value is -1.37. The molecule has 0 bridgehead atoms. The van der Waals surface area contributed by atoms with E-state index in [1.54, 1.807) is 0 Å². The molecule has 1 aromatic carbocycles. The van der Waals surface area contributed by atoms with Crippen LogP contribution in [0.4, 0.5) is 10.1 Å². The summed E-state index contributed by atoms with van der Waals surface area (Å²) in [6.45, 7) is 7.26. The van der Waals surface area contributed by atoms with E-state index in [1.807, 2.05) is 6.07 Å². The van der Waals surface area contributed by atoms with Crippen molar-refractivity contribution in [2.24, 2.45) is 0 Å². The third-order valence-electron chi connectivity index (χ3n) is 4.24. The highest BCUT2D eigenvalue weighted by atomic mass is 19.1. The number of halogens is 1. The SMILES string of the molecule is FCOc1cc(N2CCOCC2)ccc1CN1CCNCC1. The lowest BCUT2D eigenvalue weighted by Gasteiger charge is -2.30. The Morgan fingerprint density at radius 3 is 2.64 bits per heavy atom. The maximum Gasteiger partial charge on any atom is 0.228 e. The molecule has 0 radical (unpaired) electrons. The van der Waals surface area contributed by atoms with Crippen molar-refractivity contribution in [3.05, 3.63) is 23.8 Å². The van der Waals surface area contributed by atoms with Crippen molar-refractivity contribution in [2.75, 3.05) is 64.2 Å². The largest absolute Gasteiger partial charge is 0.463 e. The Kier molecular flexibility index (Phi) is 5.48. The average Bonchev–Trinajstić information content (AvgIpc) is 2.58. The molecule has 0 unspecified atom stereocenters. The molecule has 3 rings (SSSR count). The summed E-state index contributed by atoms with van der Waals surface area (Å²) in [5.41, 5.74) is 2.13. The van der Waals surface area contributed by atoms with E-state index in [4.69, 9.17) is 9.47 Å². The van der Waals surface area contributed by atoms with Crippen LogP contribution in [0.2, 0.25) is 0 Å². The zero-order chi connectivity index (χ0) is 15.2. The van der Waals surface area contributed by atoms with Gasteiger partial charge in [0, 0.05) is 63.1 Å².